The van der Waals surface area contributed by atoms with Crippen molar-refractivity contribution in [1.82, 2.24) is 15.1 Å². The van der Waals surface area contributed by atoms with Gasteiger partial charge >= 0.3 is 0 Å². The molecular weight excluding hydrogens is 419 g/mol. The molecule has 2 fully saturated rings. The molecule has 2 amide bonds. The van der Waals surface area contributed by atoms with Gasteiger partial charge in [-0.15, -0.1) is 0 Å². The molecule has 7 heteroatoms. The van der Waals surface area contributed by atoms with Crippen LogP contribution < -0.4 is 10.2 Å². The fourth-order valence-corrected chi connectivity index (χ4v) is 4.48. The van der Waals surface area contributed by atoms with Crippen molar-refractivity contribution >= 4 is 40.1 Å². The molecule has 2 unspecified atom stereocenters. The Balaban J connectivity index is 1.55. The number of nitrogens with one attached hydrogen (secondary N) is 1. The Kier molecular flexibility index (Phi) is 4.16. The monoisotopic (exact) mass is 440 g/mol. The van der Waals surface area contributed by atoms with Crippen LogP contribution in [-0.2, 0) is 11.3 Å². The third-order valence-corrected chi connectivity index (χ3v) is 6.60. The van der Waals surface area contributed by atoms with Crippen LogP contribution in [-0.4, -0.2) is 64.9 Å². The highest BCUT2D eigenvalue weighted by Gasteiger charge is 2.38. The maximum atomic E-state index is 12.6. The fourth-order valence-electron chi connectivity index (χ4n) is 3.72. The summed E-state index contributed by atoms with van der Waals surface area (Å²) in [6.45, 7) is 4.22. The Morgan fingerprint density at radius 1 is 1.25 bits per heavy atom. The van der Waals surface area contributed by atoms with Gasteiger partial charge in [0.15, 0.2) is 0 Å². The van der Waals surface area contributed by atoms with E-state index in [1.54, 1.807) is 4.90 Å². The van der Waals surface area contributed by atoms with Gasteiger partial charge in [0.25, 0.3) is 5.91 Å². The lowest BCUT2D eigenvalue weighted by Gasteiger charge is -2.38. The summed E-state index contributed by atoms with van der Waals surface area (Å²) in [6, 6.07) is 5.80. The first-order valence-electron chi connectivity index (χ1n) is 8.35. The van der Waals surface area contributed by atoms with E-state index in [0.29, 0.717) is 23.6 Å². The molecule has 3 heterocycles. The zero-order valence-corrected chi connectivity index (χ0v) is 15.8. The number of carbonyl (C=O) groups excluding carboxylic acids is 2. The second kappa shape index (κ2) is 6.18. The molecule has 0 radical (unpaired) electrons. The number of piperazine rings is 1. The summed E-state index contributed by atoms with van der Waals surface area (Å²) in [5, 5.41) is 2.82. The summed E-state index contributed by atoms with van der Waals surface area (Å²) < 4.78 is 0.491. The van der Waals surface area contributed by atoms with Gasteiger partial charge in [-0.1, -0.05) is 22.6 Å². The average Bonchev–Trinajstić information content (AvgIpc) is 3.13. The topological polar surface area (TPSA) is 55.9 Å². The molecule has 1 aromatic carbocycles. The quantitative estimate of drug-likeness (QED) is 0.425. The van der Waals surface area contributed by atoms with E-state index in [4.69, 9.17) is 0 Å². The first-order chi connectivity index (χ1) is 11.5. The molecule has 2 atom stereocenters. The van der Waals surface area contributed by atoms with Crippen LogP contribution in [0.5, 0.6) is 0 Å². The predicted molar refractivity (Wildman–Crippen MR) is 100 cm³/mol. The SMILES string of the molecule is CN1CCN(c2ccc3c(c2)CN(C2CCNC2=O)C3=O)CC1I. The highest BCUT2D eigenvalue weighted by atomic mass is 127. The molecule has 6 nitrogen and oxygen atoms in total. The smallest absolute Gasteiger partial charge is 0.255 e. The minimum absolute atomic E-state index is 0.0104. The molecule has 4 rings (SSSR count). The van der Waals surface area contributed by atoms with Crippen LogP contribution in [0.4, 0.5) is 5.69 Å². The molecule has 1 aromatic rings. The summed E-state index contributed by atoms with van der Waals surface area (Å²) in [6.07, 6.45) is 0.709. The van der Waals surface area contributed by atoms with Crippen LogP contribution in [0.25, 0.3) is 0 Å². The van der Waals surface area contributed by atoms with Crippen molar-refractivity contribution in [2.45, 2.75) is 23.1 Å². The summed E-state index contributed by atoms with van der Waals surface area (Å²) in [4.78, 5) is 31.0. The van der Waals surface area contributed by atoms with Gasteiger partial charge in [-0.3, -0.25) is 14.5 Å². The number of carbonyl (C=O) groups is 2. The normalized spacial score (nSPS) is 27.6. The number of fused-ring (bicyclic) bond motifs is 1. The second-order valence-electron chi connectivity index (χ2n) is 6.73. The lowest BCUT2D eigenvalue weighted by Crippen LogP contribution is -2.48. The Bertz CT molecular complexity index is 695. The van der Waals surface area contributed by atoms with Gasteiger partial charge < -0.3 is 15.1 Å². The molecule has 0 aliphatic carbocycles. The first kappa shape index (κ1) is 16.1. The molecular formula is C17H21IN4O2. The Morgan fingerprint density at radius 3 is 2.79 bits per heavy atom. The molecule has 128 valence electrons. The lowest BCUT2D eigenvalue weighted by atomic mass is 10.1. The fraction of sp³-hybridized carbons (Fsp3) is 0.529. The number of hydrogen-bond donors (Lipinski definition) is 1. The van der Waals surface area contributed by atoms with Gasteiger partial charge in [-0.25, -0.2) is 0 Å². The van der Waals surface area contributed by atoms with E-state index >= 15 is 0 Å². The van der Waals surface area contributed by atoms with Crippen LogP contribution >= 0.6 is 22.6 Å². The van der Waals surface area contributed by atoms with Crippen LogP contribution in [0.1, 0.15) is 22.3 Å². The molecule has 3 aliphatic rings. The van der Waals surface area contributed by atoms with E-state index in [-0.39, 0.29) is 17.9 Å². The summed E-state index contributed by atoms with van der Waals surface area (Å²) in [5.41, 5.74) is 2.97. The van der Waals surface area contributed by atoms with Crippen molar-refractivity contribution in [3.63, 3.8) is 0 Å². The summed E-state index contributed by atoms with van der Waals surface area (Å²) in [7, 11) is 2.15. The van der Waals surface area contributed by atoms with E-state index in [1.165, 1.54) is 5.69 Å². The van der Waals surface area contributed by atoms with Gasteiger partial charge in [0.2, 0.25) is 5.91 Å². The summed E-state index contributed by atoms with van der Waals surface area (Å²) in [5.74, 6) is -0.0352. The van der Waals surface area contributed by atoms with Crippen LogP contribution in [0.15, 0.2) is 18.2 Å². The molecule has 0 aromatic heterocycles. The van der Waals surface area contributed by atoms with Crippen molar-refractivity contribution in [3.05, 3.63) is 29.3 Å². The van der Waals surface area contributed by atoms with Gasteiger partial charge in [-0.05, 0) is 37.2 Å². The molecule has 0 spiro atoms. The van der Waals surface area contributed by atoms with E-state index in [1.807, 2.05) is 12.1 Å². The average molecular weight is 440 g/mol. The van der Waals surface area contributed by atoms with Crippen molar-refractivity contribution in [2.24, 2.45) is 0 Å². The molecule has 24 heavy (non-hydrogen) atoms. The van der Waals surface area contributed by atoms with Crippen LogP contribution in [0.3, 0.4) is 0 Å². The molecule has 1 N–H and O–H groups in total. The number of alkyl halides is 1. The van der Waals surface area contributed by atoms with Crippen LogP contribution in [0.2, 0.25) is 0 Å². The molecule has 2 saturated heterocycles. The number of benzene rings is 1. The standard InChI is InChI=1S/C17H21IN4O2/c1-20-6-7-21(10-15(20)18)12-2-3-13-11(8-12)9-22(17(13)24)14-4-5-19-16(14)23/h2-3,8,14-15H,4-7,9-10H2,1H3,(H,19,23). The largest absolute Gasteiger partial charge is 0.368 e. The Morgan fingerprint density at radius 2 is 2.08 bits per heavy atom. The summed E-state index contributed by atoms with van der Waals surface area (Å²) >= 11 is 2.47. The van der Waals surface area contributed by atoms with Crippen molar-refractivity contribution in [2.75, 3.05) is 38.1 Å². The number of hydrogen-bond acceptors (Lipinski definition) is 4. The maximum absolute atomic E-state index is 12.6. The second-order valence-corrected chi connectivity index (χ2v) is 8.17. The van der Waals surface area contributed by atoms with E-state index in [0.717, 1.165) is 30.8 Å². The third kappa shape index (κ3) is 2.67. The number of nitrogens with zero attached hydrogens (tertiary/aromatic N) is 3. The predicted octanol–water partition coefficient (Wildman–Crippen LogP) is 1.04. The number of likely N-dealkylation sites (N-methyl/N-ethyl adjacent to an activating group) is 1. The van der Waals surface area contributed by atoms with Gasteiger partial charge in [0, 0.05) is 44.0 Å². The Labute approximate surface area is 155 Å². The Hall–Kier alpha value is -1.35. The maximum Gasteiger partial charge on any atom is 0.255 e. The van der Waals surface area contributed by atoms with Gasteiger partial charge in [0.1, 0.15) is 6.04 Å². The minimum Gasteiger partial charge on any atom is -0.368 e. The molecule has 0 saturated carbocycles. The van der Waals surface area contributed by atoms with Crippen molar-refractivity contribution < 1.29 is 9.59 Å². The van der Waals surface area contributed by atoms with Gasteiger partial charge in [0.05, 0.1) is 4.05 Å². The lowest BCUT2D eigenvalue weighted by molar-refractivity contribution is -0.123. The third-order valence-electron chi connectivity index (χ3n) is 5.25. The number of anilines is 1. The minimum atomic E-state index is -0.310. The highest BCUT2D eigenvalue weighted by Crippen LogP contribution is 2.31. The first-order valence-corrected chi connectivity index (χ1v) is 9.60. The molecule has 0 bridgehead atoms. The molecule has 3 aliphatic heterocycles. The van der Waals surface area contributed by atoms with Crippen molar-refractivity contribution in [3.8, 4) is 0 Å². The number of halogens is 1. The zero-order chi connectivity index (χ0) is 16.8. The van der Waals surface area contributed by atoms with E-state index < -0.39 is 0 Å². The van der Waals surface area contributed by atoms with E-state index in [9.17, 15) is 9.59 Å². The van der Waals surface area contributed by atoms with E-state index in [2.05, 4.69) is 50.8 Å². The number of amides is 2. The van der Waals surface area contributed by atoms with Crippen LogP contribution in [0, 0.1) is 0 Å². The zero-order valence-electron chi connectivity index (χ0n) is 13.7. The van der Waals surface area contributed by atoms with Crippen molar-refractivity contribution in [1.29, 1.82) is 0 Å². The number of rotatable bonds is 2. The van der Waals surface area contributed by atoms with Gasteiger partial charge in [-0.2, -0.15) is 0 Å². The highest BCUT2D eigenvalue weighted by molar-refractivity contribution is 14.1.